The molecule has 1 aromatic carbocycles. The van der Waals surface area contributed by atoms with Crippen LogP contribution in [0, 0.1) is 16.7 Å². The molecule has 17 heavy (non-hydrogen) atoms. The maximum atomic E-state index is 8.77. The predicted molar refractivity (Wildman–Crippen MR) is 69.8 cm³/mol. The van der Waals surface area contributed by atoms with Gasteiger partial charge >= 0.3 is 0 Å². The van der Waals surface area contributed by atoms with E-state index < -0.39 is 0 Å². The van der Waals surface area contributed by atoms with E-state index in [1.165, 1.54) is 18.4 Å². The average Bonchev–Trinajstić information content (AvgIpc) is 3.07. The van der Waals surface area contributed by atoms with Crippen molar-refractivity contribution in [1.29, 1.82) is 5.26 Å². The first kappa shape index (κ1) is 12.4. The van der Waals surface area contributed by atoms with Crippen molar-refractivity contribution in [3.05, 3.63) is 34.9 Å². The van der Waals surface area contributed by atoms with Crippen molar-refractivity contribution in [1.82, 2.24) is 5.32 Å². The number of hydrogen-bond acceptors (Lipinski definition) is 2. The molecule has 2 rings (SSSR count). The van der Waals surface area contributed by atoms with Gasteiger partial charge in [0.05, 0.1) is 6.07 Å². The molecule has 0 heterocycles. The Hall–Kier alpha value is -1.04. The summed E-state index contributed by atoms with van der Waals surface area (Å²) >= 11 is 5.97. The predicted octanol–water partition coefficient (Wildman–Crippen LogP) is 3.68. The van der Waals surface area contributed by atoms with Crippen molar-refractivity contribution in [2.75, 3.05) is 6.54 Å². The zero-order valence-electron chi connectivity index (χ0n) is 10.0. The first-order valence-electron chi connectivity index (χ1n) is 6.01. The molecule has 0 unspecified atom stereocenters. The van der Waals surface area contributed by atoms with E-state index >= 15 is 0 Å². The van der Waals surface area contributed by atoms with Crippen LogP contribution in [0.4, 0.5) is 0 Å². The largest absolute Gasteiger partial charge is 0.310 e. The normalized spacial score (nSPS) is 18.4. The highest BCUT2D eigenvalue weighted by molar-refractivity contribution is 6.30. The molecule has 0 bridgehead atoms. The number of hydrogen-bond donors (Lipinski definition) is 1. The Morgan fingerprint density at radius 1 is 1.53 bits per heavy atom. The van der Waals surface area contributed by atoms with E-state index in [2.05, 4.69) is 24.4 Å². The highest BCUT2D eigenvalue weighted by Crippen LogP contribution is 2.48. The molecule has 0 spiro atoms. The smallest absolute Gasteiger partial charge is 0.0628 e. The van der Waals surface area contributed by atoms with Gasteiger partial charge in [0.15, 0.2) is 0 Å². The highest BCUT2D eigenvalue weighted by atomic mass is 35.5. The number of nitrogens with zero attached hydrogens (tertiary/aromatic N) is 1. The van der Waals surface area contributed by atoms with Crippen molar-refractivity contribution in [2.45, 2.75) is 32.2 Å². The summed E-state index contributed by atoms with van der Waals surface area (Å²) < 4.78 is 0. The summed E-state index contributed by atoms with van der Waals surface area (Å²) in [5.74, 6) is 0. The van der Waals surface area contributed by atoms with E-state index in [0.29, 0.717) is 6.42 Å². The molecule has 0 aliphatic heterocycles. The van der Waals surface area contributed by atoms with Crippen LogP contribution in [0.15, 0.2) is 24.3 Å². The second-order valence-electron chi connectivity index (χ2n) is 4.99. The minimum atomic E-state index is 0.252. The first-order valence-corrected chi connectivity index (χ1v) is 6.39. The molecule has 1 aromatic rings. The second kappa shape index (κ2) is 5.08. The zero-order chi connectivity index (χ0) is 12.3. The van der Waals surface area contributed by atoms with E-state index in [1.54, 1.807) is 0 Å². The Kier molecular flexibility index (Phi) is 3.71. The van der Waals surface area contributed by atoms with Gasteiger partial charge in [0.2, 0.25) is 0 Å². The first-order chi connectivity index (χ1) is 8.15. The van der Waals surface area contributed by atoms with Gasteiger partial charge in [0, 0.05) is 24.0 Å². The van der Waals surface area contributed by atoms with E-state index in [0.717, 1.165) is 11.6 Å². The van der Waals surface area contributed by atoms with Crippen LogP contribution in [-0.4, -0.2) is 6.54 Å². The molecule has 0 radical (unpaired) electrons. The number of halogens is 1. The summed E-state index contributed by atoms with van der Waals surface area (Å²) in [5, 5.41) is 13.0. The van der Waals surface area contributed by atoms with Crippen LogP contribution in [0.2, 0.25) is 5.02 Å². The molecule has 2 nitrogen and oxygen atoms in total. The minimum absolute atomic E-state index is 0.252. The standard InChI is InChI=1S/C14H17ClN2/c1-11(12-3-2-4-13(15)9-12)17-10-14(5-6-14)7-8-16/h2-4,9,11,17H,5-7,10H2,1H3/t11-/m0/s1. The van der Waals surface area contributed by atoms with Gasteiger partial charge in [-0.05, 0) is 42.9 Å². The Morgan fingerprint density at radius 3 is 2.88 bits per heavy atom. The van der Waals surface area contributed by atoms with Gasteiger partial charge in [-0.1, -0.05) is 23.7 Å². The Morgan fingerprint density at radius 2 is 2.29 bits per heavy atom. The van der Waals surface area contributed by atoms with Crippen LogP contribution in [-0.2, 0) is 0 Å². The van der Waals surface area contributed by atoms with Crippen molar-refractivity contribution < 1.29 is 0 Å². The van der Waals surface area contributed by atoms with Crippen LogP contribution in [0.5, 0.6) is 0 Å². The molecule has 90 valence electrons. The van der Waals surface area contributed by atoms with Crippen LogP contribution in [0.25, 0.3) is 0 Å². The lowest BCUT2D eigenvalue weighted by Gasteiger charge is -2.18. The molecule has 1 aliphatic rings. The van der Waals surface area contributed by atoms with E-state index in [-0.39, 0.29) is 11.5 Å². The van der Waals surface area contributed by atoms with Crippen LogP contribution in [0.3, 0.4) is 0 Å². The number of nitrogens with one attached hydrogen (secondary N) is 1. The van der Waals surface area contributed by atoms with Crippen molar-refractivity contribution in [3.8, 4) is 6.07 Å². The van der Waals surface area contributed by atoms with Gasteiger partial charge in [0.25, 0.3) is 0 Å². The lowest BCUT2D eigenvalue weighted by Crippen LogP contribution is -2.26. The second-order valence-corrected chi connectivity index (χ2v) is 5.43. The van der Waals surface area contributed by atoms with Gasteiger partial charge in [-0.15, -0.1) is 0 Å². The van der Waals surface area contributed by atoms with Crippen LogP contribution < -0.4 is 5.32 Å². The highest BCUT2D eigenvalue weighted by Gasteiger charge is 2.42. The maximum Gasteiger partial charge on any atom is 0.0628 e. The zero-order valence-corrected chi connectivity index (χ0v) is 10.8. The molecule has 3 heteroatoms. The van der Waals surface area contributed by atoms with Crippen LogP contribution in [0.1, 0.15) is 37.8 Å². The minimum Gasteiger partial charge on any atom is -0.310 e. The molecule has 0 saturated heterocycles. The summed E-state index contributed by atoms with van der Waals surface area (Å²) in [5.41, 5.74) is 1.45. The third-order valence-corrected chi connectivity index (χ3v) is 3.78. The number of rotatable bonds is 5. The fourth-order valence-corrected chi connectivity index (χ4v) is 2.22. The lowest BCUT2D eigenvalue weighted by atomic mass is 10.0. The average molecular weight is 249 g/mol. The van der Waals surface area contributed by atoms with Crippen molar-refractivity contribution >= 4 is 11.6 Å². The molecule has 1 fully saturated rings. The molecule has 1 aliphatic carbocycles. The molecule has 1 atom stereocenters. The van der Waals surface area contributed by atoms with Crippen LogP contribution >= 0.6 is 11.6 Å². The monoisotopic (exact) mass is 248 g/mol. The maximum absolute atomic E-state index is 8.77. The fraction of sp³-hybridized carbons (Fsp3) is 0.500. The van der Waals surface area contributed by atoms with E-state index in [9.17, 15) is 0 Å². The SMILES string of the molecule is C[C@H](NCC1(CC#N)CC1)c1cccc(Cl)c1. The molecular formula is C14H17ClN2. The third kappa shape index (κ3) is 3.21. The van der Waals surface area contributed by atoms with Crippen molar-refractivity contribution in [3.63, 3.8) is 0 Å². The Balaban J connectivity index is 1.90. The molecular weight excluding hydrogens is 232 g/mol. The summed E-state index contributed by atoms with van der Waals surface area (Å²) in [6.45, 7) is 3.06. The summed E-state index contributed by atoms with van der Waals surface area (Å²) in [7, 11) is 0. The van der Waals surface area contributed by atoms with E-state index in [1.807, 2.05) is 18.2 Å². The lowest BCUT2D eigenvalue weighted by molar-refractivity contribution is 0.433. The molecule has 0 amide bonds. The Labute approximate surface area is 108 Å². The topological polar surface area (TPSA) is 35.8 Å². The fourth-order valence-electron chi connectivity index (χ4n) is 2.02. The summed E-state index contributed by atoms with van der Waals surface area (Å²) in [6.07, 6.45) is 3.02. The van der Waals surface area contributed by atoms with Gasteiger partial charge in [-0.2, -0.15) is 5.26 Å². The van der Waals surface area contributed by atoms with Gasteiger partial charge in [0.1, 0.15) is 0 Å². The molecule has 1 N–H and O–H groups in total. The van der Waals surface area contributed by atoms with E-state index in [4.69, 9.17) is 16.9 Å². The summed E-state index contributed by atoms with van der Waals surface area (Å²) in [6, 6.07) is 10.5. The Bertz CT molecular complexity index is 432. The third-order valence-electron chi connectivity index (χ3n) is 3.54. The van der Waals surface area contributed by atoms with Gasteiger partial charge in [-0.25, -0.2) is 0 Å². The quantitative estimate of drug-likeness (QED) is 0.863. The molecule has 0 aromatic heterocycles. The summed E-state index contributed by atoms with van der Waals surface area (Å²) in [4.78, 5) is 0. The number of nitriles is 1. The van der Waals surface area contributed by atoms with Crippen molar-refractivity contribution in [2.24, 2.45) is 5.41 Å². The van der Waals surface area contributed by atoms with Gasteiger partial charge in [-0.3, -0.25) is 0 Å². The number of benzene rings is 1. The van der Waals surface area contributed by atoms with Gasteiger partial charge < -0.3 is 5.32 Å². The molecule has 1 saturated carbocycles.